The summed E-state index contributed by atoms with van der Waals surface area (Å²) in [4.78, 5) is 31.5. The maximum atomic E-state index is 11.5. The number of allylic oxidation sites excluding steroid dienone is 1. The van der Waals surface area contributed by atoms with Gasteiger partial charge in [-0.15, -0.1) is 0 Å². The molecule has 0 aliphatic rings. The van der Waals surface area contributed by atoms with Gasteiger partial charge < -0.3 is 15.3 Å². The van der Waals surface area contributed by atoms with Crippen molar-refractivity contribution in [2.45, 2.75) is 34.6 Å². The number of halogens is 2. The second kappa shape index (κ2) is 17.0. The van der Waals surface area contributed by atoms with Gasteiger partial charge in [-0.05, 0) is 64.2 Å². The third-order valence-electron chi connectivity index (χ3n) is 5.72. The quantitative estimate of drug-likeness (QED) is 0.0457. The molecule has 40 heavy (non-hydrogen) atoms. The van der Waals surface area contributed by atoms with Crippen LogP contribution >= 0.6 is 23.2 Å². The largest absolute Gasteiger partial charge is 0.458 e. The molecule has 14 heteroatoms. The summed E-state index contributed by atoms with van der Waals surface area (Å²) in [5.74, 6) is -0.264. The SMILES string of the molecule is CC[N+](/C=C/C(=O)OCC=C(C)C)(CC)CC.O=[N+]([O-])c1ccc(N=N[N-]c2ccc([N+](=O)[O-])cc2Cl)c(Cl)c1. The lowest BCUT2D eigenvalue weighted by Gasteiger charge is -2.31. The summed E-state index contributed by atoms with van der Waals surface area (Å²) >= 11 is 11.7. The molecule has 0 fully saturated rings. The average molecular weight is 595 g/mol. The summed E-state index contributed by atoms with van der Waals surface area (Å²) in [6, 6.07) is 7.34. The molecular formula is C26H32Cl2N6O6. The number of hydrogen-bond donors (Lipinski definition) is 0. The first-order chi connectivity index (χ1) is 18.9. The fourth-order valence-electron chi connectivity index (χ4n) is 3.04. The van der Waals surface area contributed by atoms with E-state index in [1.807, 2.05) is 26.1 Å². The van der Waals surface area contributed by atoms with Gasteiger partial charge in [-0.1, -0.05) is 28.8 Å². The van der Waals surface area contributed by atoms with Crippen molar-refractivity contribution in [3.05, 3.63) is 96.0 Å². The zero-order chi connectivity index (χ0) is 30.3. The third-order valence-corrected chi connectivity index (χ3v) is 6.33. The first-order valence-corrected chi connectivity index (χ1v) is 13.0. The van der Waals surface area contributed by atoms with Crippen molar-refractivity contribution in [1.29, 1.82) is 0 Å². The lowest BCUT2D eigenvalue weighted by molar-refractivity contribution is -0.874. The van der Waals surface area contributed by atoms with E-state index in [9.17, 15) is 25.0 Å². The normalized spacial score (nSPS) is 11.1. The number of benzene rings is 2. The van der Waals surface area contributed by atoms with Crippen LogP contribution < -0.4 is 0 Å². The van der Waals surface area contributed by atoms with Crippen LogP contribution in [0, 0.1) is 20.2 Å². The summed E-state index contributed by atoms with van der Waals surface area (Å²) in [6.45, 7) is 13.7. The Morgan fingerprint density at radius 1 is 0.975 bits per heavy atom. The minimum atomic E-state index is -0.589. The molecule has 0 spiro atoms. The van der Waals surface area contributed by atoms with E-state index in [1.54, 1.807) is 6.08 Å². The molecule has 0 bridgehead atoms. The van der Waals surface area contributed by atoms with Crippen LogP contribution in [-0.2, 0) is 9.53 Å². The molecule has 0 saturated heterocycles. The van der Waals surface area contributed by atoms with Crippen LogP contribution in [0.4, 0.5) is 22.7 Å². The van der Waals surface area contributed by atoms with E-state index in [0.29, 0.717) is 6.61 Å². The molecule has 0 unspecified atom stereocenters. The number of nitrogens with zero attached hydrogens (tertiary/aromatic N) is 6. The molecule has 2 rings (SSSR count). The molecule has 0 amide bonds. The Labute approximate surface area is 242 Å². The highest BCUT2D eigenvalue weighted by atomic mass is 35.5. The minimum absolute atomic E-state index is 0.0351. The molecule has 2 aromatic rings. The van der Waals surface area contributed by atoms with Crippen molar-refractivity contribution in [2.24, 2.45) is 10.3 Å². The molecule has 0 aliphatic carbocycles. The van der Waals surface area contributed by atoms with Gasteiger partial charge in [0, 0.05) is 24.3 Å². The van der Waals surface area contributed by atoms with Crippen molar-refractivity contribution in [1.82, 2.24) is 0 Å². The van der Waals surface area contributed by atoms with Crippen LogP contribution in [0.1, 0.15) is 34.6 Å². The summed E-state index contributed by atoms with van der Waals surface area (Å²) in [5, 5.41) is 28.5. The van der Waals surface area contributed by atoms with Gasteiger partial charge >= 0.3 is 5.97 Å². The maximum Gasteiger partial charge on any atom is 0.336 e. The number of quaternary nitrogens is 1. The van der Waals surface area contributed by atoms with Crippen molar-refractivity contribution in [3.63, 3.8) is 0 Å². The highest BCUT2D eigenvalue weighted by molar-refractivity contribution is 6.33. The summed E-state index contributed by atoms with van der Waals surface area (Å²) < 4.78 is 5.89. The van der Waals surface area contributed by atoms with Crippen LogP contribution in [0.25, 0.3) is 5.43 Å². The Morgan fingerprint density at radius 2 is 1.52 bits per heavy atom. The number of carbonyl (C=O) groups excluding carboxylic acids is 1. The molecule has 216 valence electrons. The van der Waals surface area contributed by atoms with Crippen molar-refractivity contribution in [2.75, 3.05) is 26.2 Å². The van der Waals surface area contributed by atoms with E-state index in [2.05, 4.69) is 36.5 Å². The zero-order valence-electron chi connectivity index (χ0n) is 22.9. The number of hydrogen-bond acceptors (Lipinski definition) is 8. The monoisotopic (exact) mass is 594 g/mol. The summed E-state index contributed by atoms with van der Waals surface area (Å²) in [5.41, 5.74) is 4.87. The van der Waals surface area contributed by atoms with Crippen LogP contribution in [0.3, 0.4) is 0 Å². The second-order valence-electron chi connectivity index (χ2n) is 8.47. The predicted octanol–water partition coefficient (Wildman–Crippen LogP) is 8.40. The molecule has 0 aromatic heterocycles. The van der Waals surface area contributed by atoms with Gasteiger partial charge in [-0.3, -0.25) is 29.9 Å². The van der Waals surface area contributed by atoms with Crippen molar-refractivity contribution >= 4 is 51.9 Å². The first-order valence-electron chi connectivity index (χ1n) is 12.2. The second-order valence-corrected chi connectivity index (χ2v) is 9.28. The number of ether oxygens (including phenoxy) is 1. The topological polar surface area (TPSA) is 151 Å². The molecule has 2 aromatic carbocycles. The molecule has 0 atom stereocenters. The summed E-state index contributed by atoms with van der Waals surface area (Å²) in [6.07, 6.45) is 5.40. The predicted molar refractivity (Wildman–Crippen MR) is 155 cm³/mol. The first kappa shape index (κ1) is 34.2. The molecule has 0 N–H and O–H groups in total. The lowest BCUT2D eigenvalue weighted by Crippen LogP contribution is -2.42. The Balaban J connectivity index is 0.000000421. The molecular weight excluding hydrogens is 563 g/mol. The molecule has 0 saturated carbocycles. The Kier molecular flexibility index (Phi) is 14.5. The number of non-ortho nitro benzene ring substituents is 2. The van der Waals surface area contributed by atoms with Crippen LogP contribution in [-0.4, -0.2) is 46.5 Å². The fraction of sp³-hybridized carbons (Fsp3) is 0.346. The van der Waals surface area contributed by atoms with Gasteiger partial charge in [0.15, 0.2) is 0 Å². The van der Waals surface area contributed by atoms with Crippen molar-refractivity contribution < 1.29 is 23.9 Å². The number of rotatable bonds is 12. The Hall–Kier alpha value is -3.87. The number of esters is 1. The lowest BCUT2D eigenvalue weighted by atomic mass is 10.3. The Bertz CT molecular complexity index is 1270. The average Bonchev–Trinajstić information content (AvgIpc) is 2.91. The van der Waals surface area contributed by atoms with Crippen molar-refractivity contribution in [3.8, 4) is 0 Å². The van der Waals surface area contributed by atoms with E-state index in [-0.39, 0.29) is 38.8 Å². The van der Waals surface area contributed by atoms with E-state index in [1.165, 1.54) is 24.3 Å². The number of nitro benzene ring substituents is 2. The van der Waals surface area contributed by atoms with Crippen LogP contribution in [0.5, 0.6) is 0 Å². The van der Waals surface area contributed by atoms with E-state index in [4.69, 9.17) is 27.9 Å². The van der Waals surface area contributed by atoms with Gasteiger partial charge in [-0.25, -0.2) is 4.79 Å². The van der Waals surface area contributed by atoms with Gasteiger partial charge in [0.1, 0.15) is 12.8 Å². The standard InChI is InChI=1S/C14H26NO2.C12H6Cl2N5O4/c1-6-15(7-2,8-3)11-9-14(16)17-12-10-13(4)5;13-9-5-7(18(20)21)1-3-11(9)15-17-16-12-4-2-8(19(22)23)6-10(12)14/h9-11H,6-8,12H2,1-5H3;1-6H/q+1;-1/b11-9+;. The van der Waals surface area contributed by atoms with Gasteiger partial charge in [0.2, 0.25) is 0 Å². The van der Waals surface area contributed by atoms with E-state index >= 15 is 0 Å². The van der Waals surface area contributed by atoms with Gasteiger partial charge in [0.05, 0.1) is 45.6 Å². The zero-order valence-corrected chi connectivity index (χ0v) is 24.4. The van der Waals surface area contributed by atoms with Gasteiger partial charge in [0.25, 0.3) is 11.4 Å². The molecule has 0 heterocycles. The minimum Gasteiger partial charge on any atom is -0.458 e. The van der Waals surface area contributed by atoms with Crippen LogP contribution in [0.2, 0.25) is 10.0 Å². The summed E-state index contributed by atoms with van der Waals surface area (Å²) in [7, 11) is 0. The number of carbonyl (C=O) groups is 1. The number of nitro groups is 2. The van der Waals surface area contributed by atoms with Crippen LogP contribution in [0.15, 0.2) is 70.7 Å². The molecule has 0 aliphatic heterocycles. The molecule has 12 nitrogen and oxygen atoms in total. The third kappa shape index (κ3) is 11.5. The Morgan fingerprint density at radius 3 is 2.00 bits per heavy atom. The highest BCUT2D eigenvalue weighted by Crippen LogP contribution is 2.34. The smallest absolute Gasteiger partial charge is 0.336 e. The fourth-order valence-corrected chi connectivity index (χ4v) is 3.47. The van der Waals surface area contributed by atoms with E-state index in [0.717, 1.165) is 41.8 Å². The highest BCUT2D eigenvalue weighted by Gasteiger charge is 2.17. The van der Waals surface area contributed by atoms with Gasteiger partial charge in [-0.2, -0.15) is 0 Å². The molecule has 0 radical (unpaired) electrons. The van der Waals surface area contributed by atoms with E-state index < -0.39 is 9.85 Å². The maximum absolute atomic E-state index is 11.5.